The number of fused-ring (bicyclic) bond motifs is 1. The third kappa shape index (κ3) is 4.09. The van der Waals surface area contributed by atoms with E-state index in [1.54, 1.807) is 24.3 Å². The number of amides is 1. The second kappa shape index (κ2) is 8.47. The van der Waals surface area contributed by atoms with Crippen molar-refractivity contribution in [3.05, 3.63) is 89.0 Å². The molecule has 4 rings (SSSR count). The van der Waals surface area contributed by atoms with Crippen LogP contribution in [0.4, 0.5) is 11.4 Å². The molecular formula is C24H24N4O2. The van der Waals surface area contributed by atoms with E-state index in [0.29, 0.717) is 11.3 Å². The zero-order chi connectivity index (χ0) is 21.1. The molecule has 3 aromatic rings. The van der Waals surface area contributed by atoms with Crippen molar-refractivity contribution in [1.82, 2.24) is 0 Å². The Kier molecular flexibility index (Phi) is 5.59. The molecule has 4 N–H and O–H groups in total. The predicted molar refractivity (Wildman–Crippen MR) is 117 cm³/mol. The van der Waals surface area contributed by atoms with Crippen LogP contribution in [-0.4, -0.2) is 17.1 Å². The quantitative estimate of drug-likeness (QED) is 0.534. The first-order valence-electron chi connectivity index (χ1n) is 9.97. The number of carbonyl (C=O) groups excluding carboxylic acids is 1. The Morgan fingerprint density at radius 1 is 1.07 bits per heavy atom. The molecule has 152 valence electrons. The molecule has 0 bridgehead atoms. The summed E-state index contributed by atoms with van der Waals surface area (Å²) < 4.78 is 0. The molecule has 6 nitrogen and oxygen atoms in total. The van der Waals surface area contributed by atoms with E-state index in [0.717, 1.165) is 35.2 Å². The van der Waals surface area contributed by atoms with Crippen molar-refractivity contribution < 1.29 is 9.90 Å². The molecule has 1 amide bonds. The number of rotatable bonds is 4. The summed E-state index contributed by atoms with van der Waals surface area (Å²) in [5.41, 5.74) is 11.0. The highest BCUT2D eigenvalue weighted by molar-refractivity contribution is 6.04. The van der Waals surface area contributed by atoms with Crippen molar-refractivity contribution in [3.63, 3.8) is 0 Å². The number of benzene rings is 3. The monoisotopic (exact) mass is 400 g/mol. The summed E-state index contributed by atoms with van der Waals surface area (Å²) in [6.45, 7) is 1.86. The number of nitrogens with one attached hydrogen (secondary N) is 1. The molecule has 6 heteroatoms. The Labute approximate surface area is 175 Å². The number of phenolic OH excluding ortho intramolecular Hbond substituents is 1. The fourth-order valence-corrected chi connectivity index (χ4v) is 3.70. The Morgan fingerprint density at radius 2 is 1.80 bits per heavy atom. The molecule has 3 aromatic carbocycles. The zero-order valence-corrected chi connectivity index (χ0v) is 16.7. The van der Waals surface area contributed by atoms with Gasteiger partial charge in [-0.1, -0.05) is 30.3 Å². The fraction of sp³-hybridized carbons (Fsp3) is 0.208. The third-order valence-electron chi connectivity index (χ3n) is 5.45. The van der Waals surface area contributed by atoms with Gasteiger partial charge >= 0.3 is 0 Å². The average Bonchev–Trinajstić information content (AvgIpc) is 2.77. The molecule has 0 saturated heterocycles. The highest BCUT2D eigenvalue weighted by Crippen LogP contribution is 2.38. The van der Waals surface area contributed by atoms with E-state index >= 15 is 0 Å². The molecule has 2 unspecified atom stereocenters. The van der Waals surface area contributed by atoms with Gasteiger partial charge in [0, 0.05) is 16.8 Å². The van der Waals surface area contributed by atoms with Gasteiger partial charge in [-0.25, -0.2) is 0 Å². The summed E-state index contributed by atoms with van der Waals surface area (Å²) in [4.78, 5) is 12.3. The van der Waals surface area contributed by atoms with Crippen LogP contribution in [-0.2, 0) is 6.42 Å². The number of hydrogen-bond donors (Lipinski definition) is 3. The van der Waals surface area contributed by atoms with Gasteiger partial charge in [-0.3, -0.25) is 4.79 Å². The van der Waals surface area contributed by atoms with E-state index in [1.807, 2.05) is 49.4 Å². The molecule has 0 heterocycles. The number of carbonyl (C=O) groups is 1. The minimum Gasteiger partial charge on any atom is -0.507 e. The average molecular weight is 400 g/mol. The maximum absolute atomic E-state index is 12.3. The number of aromatic hydroxyl groups is 1. The van der Waals surface area contributed by atoms with Gasteiger partial charge in [0.05, 0.1) is 17.8 Å². The first-order valence-corrected chi connectivity index (χ1v) is 9.97. The van der Waals surface area contributed by atoms with Gasteiger partial charge in [-0.2, -0.15) is 10.2 Å². The lowest BCUT2D eigenvalue weighted by atomic mass is 9.83. The van der Waals surface area contributed by atoms with Crippen LogP contribution in [0, 0.1) is 6.92 Å². The van der Waals surface area contributed by atoms with Crippen molar-refractivity contribution in [2.24, 2.45) is 16.0 Å². The molecule has 30 heavy (non-hydrogen) atoms. The SMILES string of the molecule is Cc1ccc2c(c1O)C(N)C(N=Nc1ccc(C(=O)Nc3ccccc3)cc1)CC2. The summed E-state index contributed by atoms with van der Waals surface area (Å²) in [6.07, 6.45) is 1.58. The molecular weight excluding hydrogens is 376 g/mol. The summed E-state index contributed by atoms with van der Waals surface area (Å²) in [6, 6.07) is 19.6. The minimum atomic E-state index is -0.395. The van der Waals surface area contributed by atoms with Crippen molar-refractivity contribution in [2.75, 3.05) is 5.32 Å². The minimum absolute atomic E-state index is 0.179. The van der Waals surface area contributed by atoms with Gasteiger partial charge in [0.2, 0.25) is 0 Å². The second-order valence-corrected chi connectivity index (χ2v) is 7.52. The Balaban J connectivity index is 1.44. The van der Waals surface area contributed by atoms with Crippen molar-refractivity contribution in [2.45, 2.75) is 31.8 Å². The number of nitrogens with two attached hydrogens (primary N) is 1. The van der Waals surface area contributed by atoms with Gasteiger partial charge in [0.25, 0.3) is 5.91 Å². The van der Waals surface area contributed by atoms with Gasteiger partial charge < -0.3 is 16.2 Å². The van der Waals surface area contributed by atoms with Gasteiger partial charge in [-0.15, -0.1) is 0 Å². The van der Waals surface area contributed by atoms with E-state index < -0.39 is 6.04 Å². The molecule has 0 fully saturated rings. The van der Waals surface area contributed by atoms with Crippen LogP contribution >= 0.6 is 0 Å². The molecule has 0 aliphatic heterocycles. The van der Waals surface area contributed by atoms with Crippen LogP contribution in [0.5, 0.6) is 5.75 Å². The topological polar surface area (TPSA) is 100 Å². The molecule has 1 aliphatic carbocycles. The summed E-state index contributed by atoms with van der Waals surface area (Å²) in [7, 11) is 0. The van der Waals surface area contributed by atoms with Crippen molar-refractivity contribution in [3.8, 4) is 5.75 Å². The van der Waals surface area contributed by atoms with E-state index in [1.165, 1.54) is 0 Å². The molecule has 2 atom stereocenters. The number of nitrogens with zero attached hydrogens (tertiary/aromatic N) is 2. The van der Waals surface area contributed by atoms with Crippen LogP contribution in [0.3, 0.4) is 0 Å². The van der Waals surface area contributed by atoms with Gasteiger partial charge in [-0.05, 0) is 67.3 Å². The lowest BCUT2D eigenvalue weighted by Crippen LogP contribution is -2.30. The Hall–Kier alpha value is -3.51. The number of anilines is 1. The summed E-state index contributed by atoms with van der Waals surface area (Å²) >= 11 is 0. The highest BCUT2D eigenvalue weighted by Gasteiger charge is 2.29. The van der Waals surface area contributed by atoms with Crippen LogP contribution in [0.2, 0.25) is 0 Å². The Morgan fingerprint density at radius 3 is 2.53 bits per heavy atom. The first kappa shape index (κ1) is 19.8. The number of hydrogen-bond acceptors (Lipinski definition) is 5. The fourth-order valence-electron chi connectivity index (χ4n) is 3.70. The van der Waals surface area contributed by atoms with Crippen molar-refractivity contribution >= 4 is 17.3 Å². The van der Waals surface area contributed by atoms with Gasteiger partial charge in [0.15, 0.2) is 0 Å². The number of para-hydroxylation sites is 1. The van der Waals surface area contributed by atoms with E-state index in [-0.39, 0.29) is 17.7 Å². The summed E-state index contributed by atoms with van der Waals surface area (Å²) in [5, 5.41) is 22.0. The molecule has 1 aliphatic rings. The summed E-state index contributed by atoms with van der Waals surface area (Å²) in [5.74, 6) is 0.0788. The normalized spacial score (nSPS) is 18.2. The lowest BCUT2D eigenvalue weighted by Gasteiger charge is -2.28. The molecule has 0 saturated carbocycles. The molecule has 0 aromatic heterocycles. The largest absolute Gasteiger partial charge is 0.507 e. The lowest BCUT2D eigenvalue weighted by molar-refractivity contribution is 0.102. The smallest absolute Gasteiger partial charge is 0.255 e. The maximum atomic E-state index is 12.3. The van der Waals surface area contributed by atoms with Crippen LogP contribution in [0.15, 0.2) is 77.0 Å². The first-order chi connectivity index (χ1) is 14.5. The Bertz CT molecular complexity index is 1080. The third-order valence-corrected chi connectivity index (χ3v) is 5.45. The molecule has 0 radical (unpaired) electrons. The van der Waals surface area contributed by atoms with E-state index in [2.05, 4.69) is 15.5 Å². The number of azo groups is 1. The second-order valence-electron chi connectivity index (χ2n) is 7.52. The number of aryl methyl sites for hydroxylation is 2. The zero-order valence-electron chi connectivity index (χ0n) is 16.7. The van der Waals surface area contributed by atoms with Crippen LogP contribution in [0.1, 0.15) is 39.5 Å². The van der Waals surface area contributed by atoms with Gasteiger partial charge in [0.1, 0.15) is 5.75 Å². The van der Waals surface area contributed by atoms with Crippen LogP contribution in [0.25, 0.3) is 0 Å². The number of phenols is 1. The van der Waals surface area contributed by atoms with E-state index in [4.69, 9.17) is 5.73 Å². The molecule has 0 spiro atoms. The highest BCUT2D eigenvalue weighted by atomic mass is 16.3. The van der Waals surface area contributed by atoms with E-state index in [9.17, 15) is 9.90 Å². The van der Waals surface area contributed by atoms with Crippen molar-refractivity contribution in [1.29, 1.82) is 0 Å². The predicted octanol–water partition coefficient (Wildman–Crippen LogP) is 5.05. The maximum Gasteiger partial charge on any atom is 0.255 e. The van der Waals surface area contributed by atoms with Crippen LogP contribution < -0.4 is 11.1 Å². The standard InChI is InChI=1S/C24H24N4O2/c1-15-7-8-16-11-14-20(22(25)21(16)23(15)29)28-27-19-12-9-17(10-13-19)24(30)26-18-5-3-2-4-6-18/h2-10,12-13,20,22,29H,11,14,25H2,1H3,(H,26,30).